The maximum atomic E-state index is 13.0. The molecule has 1 aromatic carbocycles. The number of nitrogens with zero attached hydrogens (tertiary/aromatic N) is 2. The molecule has 0 saturated heterocycles. The van der Waals surface area contributed by atoms with Crippen molar-refractivity contribution in [1.82, 2.24) is 15.1 Å². The van der Waals surface area contributed by atoms with Crippen LogP contribution in [0.4, 0.5) is 13.2 Å². The van der Waals surface area contributed by atoms with Crippen LogP contribution >= 0.6 is 15.9 Å². The first-order chi connectivity index (χ1) is 9.41. The number of nitrogens with one attached hydrogen (secondary N) is 1. The fraction of sp³-hybridized carbons (Fsp3) is 0.308. The van der Waals surface area contributed by atoms with Crippen molar-refractivity contribution in [3.8, 4) is 5.69 Å². The van der Waals surface area contributed by atoms with E-state index >= 15 is 0 Å². The third-order valence-electron chi connectivity index (χ3n) is 2.71. The van der Waals surface area contributed by atoms with Crippen LogP contribution in [0.2, 0.25) is 0 Å². The van der Waals surface area contributed by atoms with Gasteiger partial charge in [-0.05, 0) is 30.8 Å². The van der Waals surface area contributed by atoms with E-state index in [9.17, 15) is 13.2 Å². The Labute approximate surface area is 122 Å². The van der Waals surface area contributed by atoms with Crippen LogP contribution in [-0.2, 0) is 12.7 Å². The highest BCUT2D eigenvalue weighted by atomic mass is 79.9. The highest BCUT2D eigenvalue weighted by molar-refractivity contribution is 9.10. The predicted molar refractivity (Wildman–Crippen MR) is 73.6 cm³/mol. The minimum Gasteiger partial charge on any atom is -0.311 e. The second-order valence-corrected chi connectivity index (χ2v) is 5.11. The third kappa shape index (κ3) is 3.40. The summed E-state index contributed by atoms with van der Waals surface area (Å²) in [4.78, 5) is 0. The molecule has 0 fully saturated rings. The highest BCUT2D eigenvalue weighted by Crippen LogP contribution is 2.35. The van der Waals surface area contributed by atoms with E-state index in [1.165, 1.54) is 16.9 Å². The Morgan fingerprint density at radius 3 is 2.70 bits per heavy atom. The van der Waals surface area contributed by atoms with E-state index < -0.39 is 11.7 Å². The number of hydrogen-bond donors (Lipinski definition) is 1. The molecule has 0 unspecified atom stereocenters. The molecule has 0 radical (unpaired) electrons. The summed E-state index contributed by atoms with van der Waals surface area (Å²) in [5, 5.41) is 7.24. The van der Waals surface area contributed by atoms with Gasteiger partial charge < -0.3 is 5.32 Å². The SMILES string of the molecule is CCNCc1ccn(-c2ccc(Br)cc2C(F)(F)F)n1. The average Bonchev–Trinajstić information content (AvgIpc) is 2.84. The molecule has 1 heterocycles. The minimum atomic E-state index is -4.42. The molecule has 20 heavy (non-hydrogen) atoms. The van der Waals surface area contributed by atoms with Crippen molar-refractivity contribution < 1.29 is 13.2 Å². The van der Waals surface area contributed by atoms with Crippen LogP contribution in [-0.4, -0.2) is 16.3 Å². The standard InChI is InChI=1S/C13H13BrF3N3/c1-2-18-8-10-5-6-20(19-10)12-4-3-9(14)7-11(12)13(15,16)17/h3-7,18H,2,8H2,1H3. The molecule has 0 aliphatic heterocycles. The molecule has 7 heteroatoms. The maximum Gasteiger partial charge on any atom is 0.418 e. The second kappa shape index (κ2) is 5.97. The topological polar surface area (TPSA) is 29.9 Å². The van der Waals surface area contributed by atoms with Crippen LogP contribution in [0.5, 0.6) is 0 Å². The summed E-state index contributed by atoms with van der Waals surface area (Å²) in [6, 6.07) is 5.72. The molecule has 0 amide bonds. The molecule has 2 rings (SSSR count). The number of alkyl halides is 3. The monoisotopic (exact) mass is 347 g/mol. The lowest BCUT2D eigenvalue weighted by Gasteiger charge is -2.13. The van der Waals surface area contributed by atoms with E-state index in [0.29, 0.717) is 16.7 Å². The van der Waals surface area contributed by atoms with Gasteiger partial charge in [0, 0.05) is 17.2 Å². The van der Waals surface area contributed by atoms with Crippen molar-refractivity contribution in [3.05, 3.63) is 46.2 Å². The summed E-state index contributed by atoms with van der Waals surface area (Å²) in [5.41, 5.74) is -0.00341. The summed E-state index contributed by atoms with van der Waals surface area (Å²) >= 11 is 3.06. The zero-order chi connectivity index (χ0) is 14.8. The summed E-state index contributed by atoms with van der Waals surface area (Å²) < 4.78 is 40.8. The first-order valence-corrected chi connectivity index (χ1v) is 6.83. The van der Waals surface area contributed by atoms with Gasteiger partial charge in [-0.3, -0.25) is 0 Å². The Hall–Kier alpha value is -1.34. The van der Waals surface area contributed by atoms with Crippen molar-refractivity contribution in [3.63, 3.8) is 0 Å². The van der Waals surface area contributed by atoms with E-state index in [2.05, 4.69) is 26.3 Å². The molecule has 0 aliphatic rings. The van der Waals surface area contributed by atoms with E-state index in [1.807, 2.05) is 6.92 Å². The van der Waals surface area contributed by atoms with Gasteiger partial charge in [-0.1, -0.05) is 22.9 Å². The molecule has 0 atom stereocenters. The van der Waals surface area contributed by atoms with Gasteiger partial charge in [0.15, 0.2) is 0 Å². The molecule has 1 aromatic heterocycles. The second-order valence-electron chi connectivity index (χ2n) is 4.19. The number of benzene rings is 1. The smallest absolute Gasteiger partial charge is 0.311 e. The van der Waals surface area contributed by atoms with Crippen LogP contribution in [0.3, 0.4) is 0 Å². The van der Waals surface area contributed by atoms with Gasteiger partial charge in [0.05, 0.1) is 16.9 Å². The Balaban J connectivity index is 2.39. The first kappa shape index (κ1) is 15.1. The molecule has 1 N–H and O–H groups in total. The van der Waals surface area contributed by atoms with Crippen LogP contribution in [0.1, 0.15) is 18.2 Å². The van der Waals surface area contributed by atoms with Crippen LogP contribution in [0.15, 0.2) is 34.9 Å². The molecule has 0 saturated carbocycles. The van der Waals surface area contributed by atoms with Crippen LogP contribution < -0.4 is 5.32 Å². The highest BCUT2D eigenvalue weighted by Gasteiger charge is 2.34. The van der Waals surface area contributed by atoms with Crippen molar-refractivity contribution >= 4 is 15.9 Å². The molecule has 0 spiro atoms. The van der Waals surface area contributed by atoms with Gasteiger partial charge in [-0.25, -0.2) is 4.68 Å². The van der Waals surface area contributed by atoms with Gasteiger partial charge in [0.1, 0.15) is 0 Å². The summed E-state index contributed by atoms with van der Waals surface area (Å²) in [6.45, 7) is 3.26. The molecule has 2 aromatic rings. The van der Waals surface area contributed by atoms with Crippen LogP contribution in [0.25, 0.3) is 5.69 Å². The lowest BCUT2D eigenvalue weighted by molar-refractivity contribution is -0.137. The number of hydrogen-bond acceptors (Lipinski definition) is 2. The van der Waals surface area contributed by atoms with Gasteiger partial charge in [0.2, 0.25) is 0 Å². The number of halogens is 4. The van der Waals surface area contributed by atoms with Gasteiger partial charge in [-0.15, -0.1) is 0 Å². The summed E-state index contributed by atoms with van der Waals surface area (Å²) in [7, 11) is 0. The van der Waals surface area contributed by atoms with Crippen molar-refractivity contribution in [2.75, 3.05) is 6.54 Å². The minimum absolute atomic E-state index is 0.0171. The van der Waals surface area contributed by atoms with E-state index in [-0.39, 0.29) is 5.69 Å². The quantitative estimate of drug-likeness (QED) is 0.912. The fourth-order valence-corrected chi connectivity index (χ4v) is 2.14. The summed E-state index contributed by atoms with van der Waals surface area (Å²) in [6.07, 6.45) is -2.89. The van der Waals surface area contributed by atoms with E-state index in [0.717, 1.165) is 12.6 Å². The number of rotatable bonds is 4. The Bertz CT molecular complexity index is 593. The Morgan fingerprint density at radius 2 is 2.05 bits per heavy atom. The third-order valence-corrected chi connectivity index (χ3v) is 3.20. The average molecular weight is 348 g/mol. The molecule has 108 valence electrons. The van der Waals surface area contributed by atoms with Gasteiger partial charge in [0.25, 0.3) is 0 Å². The summed E-state index contributed by atoms with van der Waals surface area (Å²) in [5.74, 6) is 0. The van der Waals surface area contributed by atoms with Crippen molar-refractivity contribution in [2.45, 2.75) is 19.6 Å². The predicted octanol–water partition coefficient (Wildman–Crippen LogP) is 3.76. The van der Waals surface area contributed by atoms with Crippen molar-refractivity contribution in [2.24, 2.45) is 0 Å². The fourth-order valence-electron chi connectivity index (χ4n) is 1.78. The van der Waals surface area contributed by atoms with E-state index in [1.54, 1.807) is 12.1 Å². The number of aromatic nitrogens is 2. The molecular formula is C13H13BrF3N3. The molecular weight excluding hydrogens is 335 g/mol. The van der Waals surface area contributed by atoms with Gasteiger partial charge >= 0.3 is 6.18 Å². The van der Waals surface area contributed by atoms with Crippen molar-refractivity contribution in [1.29, 1.82) is 0 Å². The molecule has 0 bridgehead atoms. The first-order valence-electron chi connectivity index (χ1n) is 6.04. The lowest BCUT2D eigenvalue weighted by atomic mass is 10.1. The normalized spacial score (nSPS) is 11.8. The van der Waals surface area contributed by atoms with Gasteiger partial charge in [-0.2, -0.15) is 18.3 Å². The zero-order valence-corrected chi connectivity index (χ0v) is 12.3. The largest absolute Gasteiger partial charge is 0.418 e. The molecule has 3 nitrogen and oxygen atoms in total. The lowest BCUT2D eigenvalue weighted by Crippen LogP contribution is -2.14. The Morgan fingerprint density at radius 1 is 1.30 bits per heavy atom. The molecule has 0 aliphatic carbocycles. The maximum absolute atomic E-state index is 13.0. The van der Waals surface area contributed by atoms with E-state index in [4.69, 9.17) is 0 Å². The Kier molecular flexibility index (Phi) is 4.49. The van der Waals surface area contributed by atoms with Crippen LogP contribution in [0, 0.1) is 0 Å². The zero-order valence-electron chi connectivity index (χ0n) is 10.7.